The molecular weight excluding hydrogens is 600 g/mol. The SMILES string of the molecule is COc1cc([C@@H]2/C(=C(\O)c3ccc4c(c3)C[C@H](C)O4)C(=O)C(=O)N2c2nc3c(C)cc(C)cc3s2)ccc1OCc1ccccc1. The minimum Gasteiger partial charge on any atom is -0.507 e. The summed E-state index contributed by atoms with van der Waals surface area (Å²) in [6.45, 7) is 6.29. The lowest BCUT2D eigenvalue weighted by molar-refractivity contribution is -0.132. The summed E-state index contributed by atoms with van der Waals surface area (Å²) in [4.78, 5) is 34.0. The number of carbonyl (C=O) groups excluding carboxylic acids is 2. The van der Waals surface area contributed by atoms with Crippen molar-refractivity contribution >= 4 is 44.1 Å². The second kappa shape index (κ2) is 11.7. The van der Waals surface area contributed by atoms with E-state index in [-0.39, 0.29) is 17.4 Å². The topological polar surface area (TPSA) is 98.2 Å². The quantitative estimate of drug-likeness (QED) is 0.113. The Morgan fingerprint density at radius 2 is 1.83 bits per heavy atom. The van der Waals surface area contributed by atoms with E-state index in [1.54, 1.807) is 30.3 Å². The summed E-state index contributed by atoms with van der Waals surface area (Å²) < 4.78 is 18.6. The predicted molar refractivity (Wildman–Crippen MR) is 178 cm³/mol. The molecule has 3 heterocycles. The molecule has 0 spiro atoms. The van der Waals surface area contributed by atoms with E-state index in [9.17, 15) is 14.7 Å². The summed E-state index contributed by atoms with van der Waals surface area (Å²) in [5.74, 6) is -0.129. The van der Waals surface area contributed by atoms with Crippen molar-refractivity contribution in [1.82, 2.24) is 4.98 Å². The fraction of sp³-hybridized carbons (Fsp3) is 0.216. The van der Waals surface area contributed by atoms with E-state index in [2.05, 4.69) is 0 Å². The third-order valence-corrected chi connectivity index (χ3v) is 9.38. The molecule has 1 aromatic heterocycles. The van der Waals surface area contributed by atoms with Crippen LogP contribution in [-0.2, 0) is 22.6 Å². The first-order chi connectivity index (χ1) is 22.2. The molecule has 2 aliphatic rings. The lowest BCUT2D eigenvalue weighted by Gasteiger charge is -2.24. The monoisotopic (exact) mass is 632 g/mol. The van der Waals surface area contributed by atoms with E-state index in [0.717, 1.165) is 38.2 Å². The lowest BCUT2D eigenvalue weighted by atomic mass is 9.94. The Balaban J connectivity index is 1.36. The number of aromatic nitrogens is 1. The summed E-state index contributed by atoms with van der Waals surface area (Å²) >= 11 is 1.34. The normalized spacial score (nSPS) is 18.6. The molecule has 2 aliphatic heterocycles. The van der Waals surface area contributed by atoms with Crippen LogP contribution in [0.3, 0.4) is 0 Å². The Hall–Kier alpha value is -5.15. The number of ketones is 1. The number of hydrogen-bond donors (Lipinski definition) is 1. The van der Waals surface area contributed by atoms with Crippen molar-refractivity contribution in [3.8, 4) is 17.2 Å². The van der Waals surface area contributed by atoms with Crippen LogP contribution in [0.1, 0.15) is 46.3 Å². The van der Waals surface area contributed by atoms with Gasteiger partial charge in [0.05, 0.1) is 28.9 Å². The highest BCUT2D eigenvalue weighted by Gasteiger charge is 2.48. The van der Waals surface area contributed by atoms with Gasteiger partial charge in [-0.15, -0.1) is 0 Å². The zero-order valence-electron chi connectivity index (χ0n) is 25.9. The summed E-state index contributed by atoms with van der Waals surface area (Å²) in [5.41, 5.74) is 5.72. The van der Waals surface area contributed by atoms with Gasteiger partial charge in [0.1, 0.15) is 24.2 Å². The highest BCUT2D eigenvalue weighted by atomic mass is 32.1. The maximum absolute atomic E-state index is 13.9. The molecule has 0 saturated carbocycles. The Labute approximate surface area is 270 Å². The molecule has 1 amide bonds. The molecule has 232 valence electrons. The Morgan fingerprint density at radius 3 is 2.61 bits per heavy atom. The lowest BCUT2D eigenvalue weighted by Crippen LogP contribution is -2.29. The molecule has 0 unspecified atom stereocenters. The Kier molecular flexibility index (Phi) is 7.49. The molecule has 1 N–H and O–H groups in total. The van der Waals surface area contributed by atoms with Crippen LogP contribution < -0.4 is 19.1 Å². The molecule has 1 fully saturated rings. The van der Waals surface area contributed by atoms with Crippen molar-refractivity contribution in [3.05, 3.63) is 118 Å². The number of fused-ring (bicyclic) bond motifs is 2. The molecule has 5 aromatic rings. The number of benzene rings is 4. The standard InChI is InChI=1S/C37H32N2O6S/c1-20-14-21(2)32-30(15-20)46-37(38-32)39-33(24-10-13-28(29(18-24)43-4)44-19-23-8-6-5-7-9-23)31(35(41)36(39)42)34(40)25-11-12-27-26(17-25)16-22(3)45-27/h5-15,17-18,22,33,40H,16,19H2,1-4H3/b34-31+/t22-,33+/m0/s1. The number of Topliss-reactive ketones (excluding diaryl/α,β-unsaturated/α-hetero) is 1. The molecule has 9 heteroatoms. The molecule has 1 saturated heterocycles. The van der Waals surface area contributed by atoms with E-state index >= 15 is 0 Å². The van der Waals surface area contributed by atoms with E-state index in [0.29, 0.717) is 40.8 Å². The van der Waals surface area contributed by atoms with Gasteiger partial charge in [-0.05, 0) is 85.0 Å². The summed E-state index contributed by atoms with van der Waals surface area (Å²) in [7, 11) is 1.54. The molecule has 0 aliphatic carbocycles. The molecule has 2 atom stereocenters. The van der Waals surface area contributed by atoms with Crippen LogP contribution >= 0.6 is 11.3 Å². The number of rotatable bonds is 7. The zero-order valence-corrected chi connectivity index (χ0v) is 26.7. The minimum atomic E-state index is -0.970. The maximum Gasteiger partial charge on any atom is 0.301 e. The number of nitrogens with zero attached hydrogens (tertiary/aromatic N) is 2. The number of anilines is 1. The fourth-order valence-electron chi connectivity index (χ4n) is 6.24. The van der Waals surface area contributed by atoms with Gasteiger partial charge in [0, 0.05) is 12.0 Å². The van der Waals surface area contributed by atoms with Crippen molar-refractivity contribution in [2.45, 2.75) is 45.9 Å². The number of aliphatic hydroxyl groups excluding tert-OH is 1. The second-order valence-corrected chi connectivity index (χ2v) is 12.7. The van der Waals surface area contributed by atoms with Gasteiger partial charge < -0.3 is 19.3 Å². The van der Waals surface area contributed by atoms with Gasteiger partial charge in [0.25, 0.3) is 5.78 Å². The largest absolute Gasteiger partial charge is 0.507 e. The number of ether oxygens (including phenoxy) is 3. The summed E-state index contributed by atoms with van der Waals surface area (Å²) in [5, 5.41) is 12.1. The van der Waals surface area contributed by atoms with E-state index in [1.807, 2.05) is 69.3 Å². The van der Waals surface area contributed by atoms with Crippen LogP contribution in [0, 0.1) is 13.8 Å². The van der Waals surface area contributed by atoms with Crippen molar-refractivity contribution < 1.29 is 28.9 Å². The molecular formula is C37H32N2O6S. The van der Waals surface area contributed by atoms with Crippen LogP contribution in [0.4, 0.5) is 5.13 Å². The number of methoxy groups -OCH3 is 1. The molecule has 0 bridgehead atoms. The Bertz CT molecular complexity index is 2050. The number of aliphatic hydroxyl groups is 1. The number of thiazole rings is 1. The minimum absolute atomic E-state index is 0.0131. The first-order valence-electron chi connectivity index (χ1n) is 15.0. The van der Waals surface area contributed by atoms with Crippen LogP contribution in [0.5, 0.6) is 17.2 Å². The Morgan fingerprint density at radius 1 is 1.02 bits per heavy atom. The van der Waals surface area contributed by atoms with Crippen LogP contribution in [-0.4, -0.2) is 35.0 Å². The van der Waals surface area contributed by atoms with Gasteiger partial charge in [0.15, 0.2) is 16.6 Å². The number of amides is 1. The maximum atomic E-state index is 13.9. The van der Waals surface area contributed by atoms with Crippen LogP contribution in [0.15, 0.2) is 84.4 Å². The molecule has 0 radical (unpaired) electrons. The smallest absolute Gasteiger partial charge is 0.301 e. The van der Waals surface area contributed by atoms with Crippen molar-refractivity contribution in [1.29, 1.82) is 0 Å². The summed E-state index contributed by atoms with van der Waals surface area (Å²) in [6.07, 6.45) is 0.694. The number of hydrogen-bond acceptors (Lipinski definition) is 8. The van der Waals surface area contributed by atoms with E-state index in [4.69, 9.17) is 19.2 Å². The molecule has 4 aromatic carbocycles. The van der Waals surface area contributed by atoms with Crippen molar-refractivity contribution in [2.24, 2.45) is 0 Å². The highest BCUT2D eigenvalue weighted by Crippen LogP contribution is 2.46. The van der Waals surface area contributed by atoms with Gasteiger partial charge in [-0.1, -0.05) is 53.8 Å². The molecule has 46 heavy (non-hydrogen) atoms. The number of aryl methyl sites for hydroxylation is 2. The second-order valence-electron chi connectivity index (χ2n) is 11.7. The zero-order chi connectivity index (χ0) is 32.1. The molecule has 7 rings (SSSR count). The predicted octanol–water partition coefficient (Wildman–Crippen LogP) is 7.45. The van der Waals surface area contributed by atoms with E-state index in [1.165, 1.54) is 23.3 Å². The first-order valence-corrected chi connectivity index (χ1v) is 15.9. The fourth-order valence-corrected chi connectivity index (χ4v) is 7.41. The van der Waals surface area contributed by atoms with Gasteiger partial charge in [0.2, 0.25) is 0 Å². The van der Waals surface area contributed by atoms with Crippen molar-refractivity contribution in [3.63, 3.8) is 0 Å². The average Bonchev–Trinajstić information content (AvgIpc) is 3.72. The van der Waals surface area contributed by atoms with Gasteiger partial charge >= 0.3 is 5.91 Å². The van der Waals surface area contributed by atoms with Crippen LogP contribution in [0.25, 0.3) is 16.0 Å². The first kappa shape index (κ1) is 29.6. The van der Waals surface area contributed by atoms with Crippen molar-refractivity contribution in [2.75, 3.05) is 12.0 Å². The van der Waals surface area contributed by atoms with Gasteiger partial charge in [-0.2, -0.15) is 0 Å². The van der Waals surface area contributed by atoms with E-state index < -0.39 is 17.7 Å². The van der Waals surface area contributed by atoms with Gasteiger partial charge in [-0.3, -0.25) is 14.5 Å². The molecule has 8 nitrogen and oxygen atoms in total. The van der Waals surface area contributed by atoms with Gasteiger partial charge in [-0.25, -0.2) is 4.98 Å². The number of carbonyl (C=O) groups is 2. The summed E-state index contributed by atoms with van der Waals surface area (Å²) in [6, 6.07) is 23.5. The average molecular weight is 633 g/mol. The highest BCUT2D eigenvalue weighted by molar-refractivity contribution is 7.22. The third kappa shape index (κ3) is 5.16. The van der Waals surface area contributed by atoms with Crippen LogP contribution in [0.2, 0.25) is 0 Å². The third-order valence-electron chi connectivity index (χ3n) is 8.38.